The Kier molecular flexibility index (Phi) is 14.0. The third kappa shape index (κ3) is 9.04. The van der Waals surface area contributed by atoms with Crippen molar-refractivity contribution in [1.82, 2.24) is 10.2 Å². The predicted octanol–water partition coefficient (Wildman–Crippen LogP) is 2.51. The zero-order chi connectivity index (χ0) is 13.2. The van der Waals surface area contributed by atoms with Gasteiger partial charge < -0.3 is 10.6 Å². The molecule has 118 valence electrons. The Hall–Kier alpha value is -0.940. The van der Waals surface area contributed by atoms with Gasteiger partial charge in [-0.15, -0.1) is 24.8 Å². The van der Waals surface area contributed by atoms with E-state index >= 15 is 0 Å². The summed E-state index contributed by atoms with van der Waals surface area (Å²) in [5, 5.41) is 10.7. The molecule has 1 rings (SSSR count). The number of unbranched alkanes of at least 4 members (excludes halogenated alkanes) is 3. The lowest BCUT2D eigenvalue weighted by Crippen LogP contribution is -2.47. The summed E-state index contributed by atoms with van der Waals surface area (Å²) in [6.07, 6.45) is 9.92. The van der Waals surface area contributed by atoms with Crippen LogP contribution in [-0.4, -0.2) is 36.5 Å². The molecule has 1 aliphatic heterocycles. The summed E-state index contributed by atoms with van der Waals surface area (Å²) >= 11 is 0. The van der Waals surface area contributed by atoms with Crippen LogP contribution in [-0.2, 0) is 0 Å². The van der Waals surface area contributed by atoms with E-state index in [1.54, 1.807) is 0 Å². The van der Waals surface area contributed by atoms with Crippen LogP contribution in [0.5, 0.6) is 0 Å². The van der Waals surface area contributed by atoms with Crippen molar-refractivity contribution in [3.05, 3.63) is 12.2 Å². The minimum atomic E-state index is 0. The molecule has 0 saturated heterocycles. The van der Waals surface area contributed by atoms with Gasteiger partial charge in [-0.05, 0) is 12.8 Å². The highest BCUT2D eigenvalue weighted by Gasteiger charge is 2.10. The minimum Gasteiger partial charge on any atom is -0.370 e. The number of hydrogen-bond acceptors (Lipinski definition) is 2. The fourth-order valence-corrected chi connectivity index (χ4v) is 1.82. The first-order valence-corrected chi connectivity index (χ1v) is 6.79. The summed E-state index contributed by atoms with van der Waals surface area (Å²) in [5.74, 6) is 0.695. The summed E-state index contributed by atoms with van der Waals surface area (Å²) in [6.45, 7) is 4.57. The molecule has 0 fully saturated rings. The molecule has 0 radical (unpaired) electrons. The van der Waals surface area contributed by atoms with Gasteiger partial charge in [-0.25, -0.2) is 0 Å². The van der Waals surface area contributed by atoms with Crippen LogP contribution in [0.2, 0.25) is 0 Å². The molecule has 0 bridgehead atoms. The highest BCUT2D eigenvalue weighted by molar-refractivity contribution is 5.96. The lowest BCUT2D eigenvalue weighted by molar-refractivity contribution is 0.441. The second kappa shape index (κ2) is 13.1. The molecule has 0 aromatic heterocycles. The molecule has 0 aliphatic carbocycles. The normalized spacial score (nSPS) is 14.2. The summed E-state index contributed by atoms with van der Waals surface area (Å²) < 4.78 is 0. The molecule has 0 spiro atoms. The molecule has 4 N–H and O–H groups in total. The third-order valence-electron chi connectivity index (χ3n) is 2.91. The topological polar surface area (TPSA) is 77.5 Å². The summed E-state index contributed by atoms with van der Waals surface area (Å²) in [7, 11) is 0. The number of guanidine groups is 2. The smallest absolute Gasteiger partial charge is 0.198 e. The van der Waals surface area contributed by atoms with E-state index in [0.717, 1.165) is 32.5 Å². The second-order valence-electron chi connectivity index (χ2n) is 4.51. The van der Waals surface area contributed by atoms with Crippen LogP contribution in [0.4, 0.5) is 0 Å². The van der Waals surface area contributed by atoms with Gasteiger partial charge in [-0.2, -0.15) is 0 Å². The van der Waals surface area contributed by atoms with Crippen LogP contribution in [0, 0.1) is 5.41 Å². The van der Waals surface area contributed by atoms with Gasteiger partial charge in [0.05, 0.1) is 0 Å². The number of nitrogens with two attached hydrogens (primary N) is 1. The molecule has 0 amide bonds. The van der Waals surface area contributed by atoms with Crippen molar-refractivity contribution in [2.75, 3.05) is 19.6 Å². The van der Waals surface area contributed by atoms with E-state index in [1.165, 1.54) is 19.3 Å². The largest absolute Gasteiger partial charge is 0.370 e. The Balaban J connectivity index is 0. The maximum Gasteiger partial charge on any atom is 0.198 e. The average Bonchev–Trinajstić information content (AvgIpc) is 2.39. The highest BCUT2D eigenvalue weighted by Crippen LogP contribution is 2.00. The molecule has 5 nitrogen and oxygen atoms in total. The number of rotatable bonds is 5. The summed E-state index contributed by atoms with van der Waals surface area (Å²) in [4.78, 5) is 6.17. The van der Waals surface area contributed by atoms with E-state index in [4.69, 9.17) is 11.1 Å². The van der Waals surface area contributed by atoms with E-state index in [0.29, 0.717) is 11.9 Å². The van der Waals surface area contributed by atoms with Gasteiger partial charge in [0.1, 0.15) is 0 Å². The van der Waals surface area contributed by atoms with E-state index < -0.39 is 0 Å². The van der Waals surface area contributed by atoms with E-state index in [1.807, 2.05) is 4.90 Å². The molecular formula is C13H27Cl2N5. The molecular weight excluding hydrogens is 297 g/mol. The van der Waals surface area contributed by atoms with Crippen molar-refractivity contribution in [3.8, 4) is 0 Å². The maximum atomic E-state index is 7.88. The lowest BCUT2D eigenvalue weighted by Gasteiger charge is -2.25. The number of halogens is 2. The SMILES string of the molecule is CCCCCCN=C(N)NC(=N)N1CC=CCC1.Cl.Cl. The first-order chi connectivity index (χ1) is 8.74. The van der Waals surface area contributed by atoms with Crippen molar-refractivity contribution >= 4 is 36.7 Å². The number of aliphatic imine (C=N–C) groups is 1. The molecule has 0 atom stereocenters. The molecule has 20 heavy (non-hydrogen) atoms. The number of nitrogens with one attached hydrogen (secondary N) is 2. The first kappa shape index (κ1) is 21.4. The third-order valence-corrected chi connectivity index (χ3v) is 2.91. The van der Waals surface area contributed by atoms with Crippen LogP contribution in [0.3, 0.4) is 0 Å². The van der Waals surface area contributed by atoms with Crippen LogP contribution < -0.4 is 11.1 Å². The van der Waals surface area contributed by atoms with Crippen molar-refractivity contribution in [3.63, 3.8) is 0 Å². The van der Waals surface area contributed by atoms with Crippen LogP contribution >= 0.6 is 24.8 Å². The van der Waals surface area contributed by atoms with Crippen LogP contribution in [0.15, 0.2) is 17.1 Å². The van der Waals surface area contributed by atoms with Gasteiger partial charge in [0.15, 0.2) is 11.9 Å². The van der Waals surface area contributed by atoms with Crippen molar-refractivity contribution in [2.24, 2.45) is 10.7 Å². The predicted molar refractivity (Wildman–Crippen MR) is 91.3 cm³/mol. The van der Waals surface area contributed by atoms with Crippen LogP contribution in [0.25, 0.3) is 0 Å². The van der Waals surface area contributed by atoms with Gasteiger partial charge in [0.2, 0.25) is 0 Å². The number of nitrogens with zero attached hydrogens (tertiary/aromatic N) is 2. The molecule has 0 aromatic rings. The van der Waals surface area contributed by atoms with E-state index in [2.05, 4.69) is 29.4 Å². The van der Waals surface area contributed by atoms with E-state index in [9.17, 15) is 0 Å². The molecule has 7 heteroatoms. The van der Waals surface area contributed by atoms with Crippen molar-refractivity contribution in [2.45, 2.75) is 39.0 Å². The molecule has 0 saturated carbocycles. The first-order valence-electron chi connectivity index (χ1n) is 6.79. The Labute approximate surface area is 134 Å². The van der Waals surface area contributed by atoms with Gasteiger partial charge in [-0.1, -0.05) is 38.3 Å². The lowest BCUT2D eigenvalue weighted by atomic mass is 10.2. The Morgan fingerprint density at radius 2 is 2.05 bits per heavy atom. The Morgan fingerprint density at radius 1 is 1.30 bits per heavy atom. The molecule has 1 heterocycles. The minimum absolute atomic E-state index is 0. The highest BCUT2D eigenvalue weighted by atomic mass is 35.5. The molecule has 0 aromatic carbocycles. The van der Waals surface area contributed by atoms with Crippen molar-refractivity contribution < 1.29 is 0 Å². The van der Waals surface area contributed by atoms with E-state index in [-0.39, 0.29) is 24.8 Å². The van der Waals surface area contributed by atoms with Gasteiger partial charge in [0, 0.05) is 19.6 Å². The zero-order valence-corrected chi connectivity index (χ0v) is 13.7. The Bertz CT molecular complexity index is 318. The fraction of sp³-hybridized carbons (Fsp3) is 0.692. The zero-order valence-electron chi connectivity index (χ0n) is 12.1. The summed E-state index contributed by atoms with van der Waals surface area (Å²) in [5.41, 5.74) is 5.75. The van der Waals surface area contributed by atoms with Gasteiger partial charge in [0.25, 0.3) is 0 Å². The van der Waals surface area contributed by atoms with Crippen molar-refractivity contribution in [1.29, 1.82) is 5.41 Å². The van der Waals surface area contributed by atoms with Gasteiger partial charge >= 0.3 is 0 Å². The average molecular weight is 324 g/mol. The standard InChI is InChI=1S/C13H25N5.2ClH/c1-2-3-4-6-9-16-12(14)17-13(15)18-10-7-5-8-11-18;;/h5,7H,2-4,6,8-11H2,1H3,(H4,14,15,16,17);2*1H. The quantitative estimate of drug-likeness (QED) is 0.315. The van der Waals surface area contributed by atoms with Gasteiger partial charge in [-0.3, -0.25) is 15.7 Å². The number of hydrogen-bond donors (Lipinski definition) is 3. The fourth-order valence-electron chi connectivity index (χ4n) is 1.82. The maximum absolute atomic E-state index is 7.88. The molecule has 0 unspecified atom stereocenters. The monoisotopic (exact) mass is 323 g/mol. The Morgan fingerprint density at radius 3 is 2.65 bits per heavy atom. The second-order valence-corrected chi connectivity index (χ2v) is 4.51. The van der Waals surface area contributed by atoms with Crippen LogP contribution in [0.1, 0.15) is 39.0 Å². The molecule has 1 aliphatic rings. The summed E-state index contributed by atoms with van der Waals surface area (Å²) in [6, 6.07) is 0.